The van der Waals surface area contributed by atoms with Gasteiger partial charge >= 0.3 is 185 Å². The summed E-state index contributed by atoms with van der Waals surface area (Å²) in [5.41, 5.74) is 0. The normalized spacial score (nSPS) is 23.4. The zero-order valence-corrected chi connectivity index (χ0v) is 23.0. The minimum atomic E-state index is -2.76. The molecule has 1 aliphatic heterocycles. The van der Waals surface area contributed by atoms with Crippen molar-refractivity contribution in [3.8, 4) is 0 Å². The van der Waals surface area contributed by atoms with Crippen LogP contribution < -0.4 is 0 Å². The van der Waals surface area contributed by atoms with Gasteiger partial charge in [0.25, 0.3) is 0 Å². The van der Waals surface area contributed by atoms with E-state index >= 15 is 0 Å². The minimum absolute atomic E-state index is 0.153. The fourth-order valence-electron chi connectivity index (χ4n) is 5.98. The predicted octanol–water partition coefficient (Wildman–Crippen LogP) is 7.66. The van der Waals surface area contributed by atoms with Gasteiger partial charge in [-0.2, -0.15) is 0 Å². The molecule has 172 valence electrons. The third kappa shape index (κ3) is 7.29. The number of ether oxygens (including phenoxy) is 3. The van der Waals surface area contributed by atoms with Crippen molar-refractivity contribution in [1.29, 1.82) is 0 Å². The van der Waals surface area contributed by atoms with Gasteiger partial charge in [-0.05, 0) is 0 Å². The molecule has 0 bridgehead atoms. The van der Waals surface area contributed by atoms with Crippen molar-refractivity contribution in [2.75, 3.05) is 14.2 Å². The Morgan fingerprint density at radius 2 is 1.62 bits per heavy atom. The first kappa shape index (κ1) is 27.1. The number of hydrogen-bond acceptors (Lipinski definition) is 4. The molecule has 0 radical (unpaired) electrons. The van der Waals surface area contributed by atoms with Crippen LogP contribution in [0.3, 0.4) is 0 Å². The molecular weight excluding hydrogens is 471 g/mol. The van der Waals surface area contributed by atoms with Crippen molar-refractivity contribution in [2.45, 2.75) is 127 Å². The Bertz CT molecular complexity index is 448. The molecule has 5 heteroatoms. The Morgan fingerprint density at radius 1 is 1.00 bits per heavy atom. The molecule has 4 nitrogen and oxygen atoms in total. The fourth-order valence-corrected chi connectivity index (χ4v) is 28.1. The number of rotatable bonds is 14. The molecule has 0 N–H and O–H groups in total. The molecule has 0 amide bonds. The molecule has 3 unspecified atom stereocenters. The summed E-state index contributed by atoms with van der Waals surface area (Å²) in [7, 11) is 3.30. The molecular formula is C24H48O4Sn. The van der Waals surface area contributed by atoms with E-state index in [1.54, 1.807) is 0 Å². The van der Waals surface area contributed by atoms with Crippen LogP contribution in [0.25, 0.3) is 0 Å². The van der Waals surface area contributed by atoms with E-state index in [-0.39, 0.29) is 6.10 Å². The summed E-state index contributed by atoms with van der Waals surface area (Å²) in [5, 5.41) is 0. The maximum atomic E-state index is 11.7. The van der Waals surface area contributed by atoms with Crippen molar-refractivity contribution >= 4 is 24.5 Å². The van der Waals surface area contributed by atoms with Crippen LogP contribution in [0.5, 0.6) is 0 Å². The number of unbranched alkanes of at least 4 members (excludes halogenated alkanes) is 3. The van der Waals surface area contributed by atoms with E-state index in [1.165, 1.54) is 86.6 Å². The molecule has 1 fully saturated rings. The molecule has 29 heavy (non-hydrogen) atoms. The molecule has 0 spiro atoms. The quantitative estimate of drug-likeness (QED) is 0.175. The van der Waals surface area contributed by atoms with Crippen LogP contribution in [0.4, 0.5) is 4.79 Å². The van der Waals surface area contributed by atoms with Gasteiger partial charge in [-0.15, -0.1) is 0 Å². The third-order valence-corrected chi connectivity index (χ3v) is 27.6. The Balaban J connectivity index is 3.28. The Kier molecular flexibility index (Phi) is 13.2. The molecule has 0 aromatic carbocycles. The van der Waals surface area contributed by atoms with Crippen molar-refractivity contribution in [2.24, 2.45) is 0 Å². The van der Waals surface area contributed by atoms with Gasteiger partial charge in [0.05, 0.1) is 0 Å². The average Bonchev–Trinajstić information content (AvgIpc) is 2.73. The monoisotopic (exact) mass is 520 g/mol. The first-order valence-corrected chi connectivity index (χ1v) is 19.3. The molecule has 1 rings (SSSR count). The molecule has 1 aliphatic rings. The summed E-state index contributed by atoms with van der Waals surface area (Å²) < 4.78 is 20.3. The van der Waals surface area contributed by atoms with Gasteiger partial charge in [0.1, 0.15) is 0 Å². The second-order valence-electron chi connectivity index (χ2n) is 9.30. The zero-order chi connectivity index (χ0) is 21.8. The van der Waals surface area contributed by atoms with Gasteiger partial charge in [-0.3, -0.25) is 0 Å². The third-order valence-electron chi connectivity index (χ3n) is 7.49. The number of hydrogen-bond donors (Lipinski definition) is 0. The number of carbonyl (C=O) groups excluding carboxylic acids is 1. The molecule has 0 aromatic rings. The second kappa shape index (κ2) is 14.2. The summed E-state index contributed by atoms with van der Waals surface area (Å²) in [6.07, 6.45) is 15.0. The van der Waals surface area contributed by atoms with E-state index in [4.69, 9.17) is 14.2 Å². The van der Waals surface area contributed by atoms with E-state index < -0.39 is 24.5 Å². The SMILES string of the molecule is CCCC[C]1(CCCC)CCC[CH2][Sn]1([CH2]CCC)[CH](CC(C)OC(=O)OC)OC. The molecule has 3 atom stereocenters. The van der Waals surface area contributed by atoms with Crippen molar-refractivity contribution in [3.63, 3.8) is 0 Å². The predicted molar refractivity (Wildman–Crippen MR) is 124 cm³/mol. The van der Waals surface area contributed by atoms with Gasteiger partial charge < -0.3 is 0 Å². The van der Waals surface area contributed by atoms with Crippen molar-refractivity contribution < 1.29 is 19.0 Å². The van der Waals surface area contributed by atoms with E-state index in [0.29, 0.717) is 7.55 Å². The van der Waals surface area contributed by atoms with Crippen LogP contribution in [-0.4, -0.2) is 49.0 Å². The van der Waals surface area contributed by atoms with E-state index in [0.717, 1.165) is 6.42 Å². The van der Waals surface area contributed by atoms with Crippen molar-refractivity contribution in [3.05, 3.63) is 0 Å². The van der Waals surface area contributed by atoms with Crippen LogP contribution in [0.1, 0.15) is 105 Å². The first-order chi connectivity index (χ1) is 13.9. The Labute approximate surface area is 184 Å². The van der Waals surface area contributed by atoms with Crippen LogP contribution in [-0.2, 0) is 14.2 Å². The summed E-state index contributed by atoms with van der Waals surface area (Å²) in [4.78, 5) is 11.7. The zero-order valence-electron chi connectivity index (χ0n) is 20.2. The van der Waals surface area contributed by atoms with Gasteiger partial charge in [0, 0.05) is 0 Å². The van der Waals surface area contributed by atoms with Gasteiger partial charge in [-0.25, -0.2) is 0 Å². The maximum absolute atomic E-state index is 11.7. The standard InChI is InChI=1S/C13H26.C7H13O4.C4H9.Sn/c1-4-7-10-13(11-8-5-2)12-9-6-3;1-6(4-5-9-2)11-7(8)10-3;1-3-4-2;/h1,4-12H2,2-3H3;5-6H,4H2,1-3H3;1,3-4H2,2H3;. The first-order valence-electron chi connectivity index (χ1n) is 12.2. The van der Waals surface area contributed by atoms with Crippen molar-refractivity contribution in [1.82, 2.24) is 0 Å². The molecule has 0 aliphatic carbocycles. The number of methoxy groups -OCH3 is 2. The summed E-state index contributed by atoms with van der Waals surface area (Å²) in [5.74, 6) is 0. The van der Waals surface area contributed by atoms with E-state index in [9.17, 15) is 4.79 Å². The molecule has 1 heterocycles. The van der Waals surface area contributed by atoms with Crippen LogP contribution in [0, 0.1) is 0 Å². The van der Waals surface area contributed by atoms with Crippen LogP contribution in [0.15, 0.2) is 0 Å². The molecule has 0 aromatic heterocycles. The topological polar surface area (TPSA) is 44.8 Å². The van der Waals surface area contributed by atoms with Crippen LogP contribution in [0.2, 0.25) is 12.3 Å². The molecule has 0 saturated carbocycles. The summed E-state index contributed by atoms with van der Waals surface area (Å²) >= 11 is -2.76. The molecule has 1 saturated heterocycles. The summed E-state index contributed by atoms with van der Waals surface area (Å²) in [6.45, 7) is 9.00. The summed E-state index contributed by atoms with van der Waals surface area (Å²) in [6, 6.07) is 0. The second-order valence-corrected chi connectivity index (χ2v) is 23.6. The Hall–Kier alpha value is 0.0287. The van der Waals surface area contributed by atoms with Gasteiger partial charge in [-0.1, -0.05) is 0 Å². The van der Waals surface area contributed by atoms with E-state index in [2.05, 4.69) is 20.8 Å². The van der Waals surface area contributed by atoms with Gasteiger partial charge in [0.15, 0.2) is 0 Å². The fraction of sp³-hybridized carbons (Fsp3) is 0.958. The van der Waals surface area contributed by atoms with Crippen LogP contribution >= 0.6 is 0 Å². The van der Waals surface area contributed by atoms with E-state index in [1.807, 2.05) is 14.0 Å². The Morgan fingerprint density at radius 3 is 2.14 bits per heavy atom. The van der Waals surface area contributed by atoms with Gasteiger partial charge in [0.2, 0.25) is 0 Å². The average molecular weight is 519 g/mol. The number of carbonyl (C=O) groups is 1.